The highest BCUT2D eigenvalue weighted by molar-refractivity contribution is 5.73. The fraction of sp³-hybridized carbons (Fsp3) is 0.900. The molecule has 0 amide bonds. The van der Waals surface area contributed by atoms with Crippen LogP contribution in [-0.4, -0.2) is 36.5 Å². The lowest BCUT2D eigenvalue weighted by molar-refractivity contribution is -0.160. The van der Waals surface area contributed by atoms with Crippen LogP contribution in [0.4, 0.5) is 0 Å². The van der Waals surface area contributed by atoms with E-state index in [9.17, 15) is 4.79 Å². The summed E-state index contributed by atoms with van der Waals surface area (Å²) in [6, 6.07) is 0. The number of carboxylic acid groups (broad SMARTS) is 1. The zero-order valence-electron chi connectivity index (χ0n) is 9.16. The molecule has 0 fully saturated rings. The lowest BCUT2D eigenvalue weighted by Gasteiger charge is -2.20. The van der Waals surface area contributed by atoms with Crippen LogP contribution in [0.3, 0.4) is 0 Å². The van der Waals surface area contributed by atoms with Crippen molar-refractivity contribution in [3.8, 4) is 0 Å². The first-order valence-corrected chi connectivity index (χ1v) is 5.09. The summed E-state index contributed by atoms with van der Waals surface area (Å²) in [5.41, 5.74) is 0. The predicted octanol–water partition coefficient (Wildman–Crippen LogP) is 1.68. The number of hydrogen-bond acceptors (Lipinski definition) is 3. The second-order valence-corrected chi connectivity index (χ2v) is 3.21. The topological polar surface area (TPSA) is 55.8 Å². The average molecular weight is 204 g/mol. The molecule has 84 valence electrons. The summed E-state index contributed by atoms with van der Waals surface area (Å²) in [7, 11) is 0. The molecule has 0 saturated carbocycles. The van der Waals surface area contributed by atoms with Crippen LogP contribution in [0.25, 0.3) is 0 Å². The van der Waals surface area contributed by atoms with Crippen LogP contribution in [0.1, 0.15) is 33.6 Å². The van der Waals surface area contributed by atoms with Gasteiger partial charge in [0, 0.05) is 13.2 Å². The van der Waals surface area contributed by atoms with Crippen LogP contribution in [-0.2, 0) is 14.3 Å². The zero-order chi connectivity index (χ0) is 11.0. The Balaban J connectivity index is 3.97. The molecule has 0 aromatic rings. The third-order valence-corrected chi connectivity index (χ3v) is 1.76. The lowest BCUT2D eigenvalue weighted by atomic mass is 10.2. The molecule has 0 aromatic carbocycles. The number of carboxylic acids is 1. The van der Waals surface area contributed by atoms with E-state index in [-0.39, 0.29) is 6.10 Å². The molecule has 2 atom stereocenters. The number of ether oxygens (including phenoxy) is 2. The van der Waals surface area contributed by atoms with Gasteiger partial charge < -0.3 is 14.6 Å². The highest BCUT2D eigenvalue weighted by Crippen LogP contribution is 2.05. The summed E-state index contributed by atoms with van der Waals surface area (Å²) in [4.78, 5) is 10.8. The molecule has 0 aliphatic heterocycles. The van der Waals surface area contributed by atoms with Gasteiger partial charge in [0.2, 0.25) is 0 Å². The molecule has 0 bridgehead atoms. The van der Waals surface area contributed by atoms with E-state index in [2.05, 4.69) is 0 Å². The summed E-state index contributed by atoms with van der Waals surface area (Å²) in [5, 5.41) is 8.86. The van der Waals surface area contributed by atoms with Crippen LogP contribution in [0.15, 0.2) is 0 Å². The Morgan fingerprint density at radius 1 is 1.21 bits per heavy atom. The Morgan fingerprint density at radius 3 is 2.14 bits per heavy atom. The predicted molar refractivity (Wildman–Crippen MR) is 53.4 cm³/mol. The van der Waals surface area contributed by atoms with Gasteiger partial charge in [0.15, 0.2) is 6.10 Å². The molecule has 4 nitrogen and oxygen atoms in total. The first-order chi connectivity index (χ1) is 6.63. The minimum absolute atomic E-state index is 0.390. The van der Waals surface area contributed by atoms with Crippen molar-refractivity contribution in [1.29, 1.82) is 0 Å². The van der Waals surface area contributed by atoms with Gasteiger partial charge in [-0.05, 0) is 19.8 Å². The number of aliphatic carboxylic acids is 1. The van der Waals surface area contributed by atoms with Gasteiger partial charge in [-0.1, -0.05) is 13.8 Å². The summed E-state index contributed by atoms with van der Waals surface area (Å²) in [6.45, 7) is 6.67. The van der Waals surface area contributed by atoms with Crippen molar-refractivity contribution in [2.24, 2.45) is 0 Å². The lowest BCUT2D eigenvalue weighted by Crippen LogP contribution is -2.36. The van der Waals surface area contributed by atoms with E-state index in [1.54, 1.807) is 6.92 Å². The summed E-state index contributed by atoms with van der Waals surface area (Å²) in [6.07, 6.45) is 0.454. The molecule has 0 radical (unpaired) electrons. The van der Waals surface area contributed by atoms with Gasteiger partial charge in [0.25, 0.3) is 0 Å². The summed E-state index contributed by atoms with van der Waals surface area (Å²) in [5.74, 6) is -0.956. The van der Waals surface area contributed by atoms with Crippen LogP contribution in [0.5, 0.6) is 0 Å². The van der Waals surface area contributed by atoms with Crippen molar-refractivity contribution < 1.29 is 19.4 Å². The van der Waals surface area contributed by atoms with Crippen molar-refractivity contribution in [3.63, 3.8) is 0 Å². The average Bonchev–Trinajstić information content (AvgIpc) is 2.14. The van der Waals surface area contributed by atoms with E-state index in [4.69, 9.17) is 14.6 Å². The largest absolute Gasteiger partial charge is 0.479 e. The first kappa shape index (κ1) is 13.4. The molecule has 0 aliphatic carbocycles. The van der Waals surface area contributed by atoms with Crippen molar-refractivity contribution in [1.82, 2.24) is 0 Å². The van der Waals surface area contributed by atoms with E-state index in [1.165, 1.54) is 0 Å². The van der Waals surface area contributed by atoms with E-state index in [0.29, 0.717) is 13.2 Å². The Bertz CT molecular complexity index is 158. The second kappa shape index (κ2) is 7.76. The number of hydrogen-bond donors (Lipinski definition) is 1. The van der Waals surface area contributed by atoms with Gasteiger partial charge in [0.05, 0.1) is 6.10 Å². The highest BCUT2D eigenvalue weighted by atomic mass is 16.6. The third kappa shape index (κ3) is 5.19. The van der Waals surface area contributed by atoms with Crippen LogP contribution in [0.2, 0.25) is 0 Å². The Hall–Kier alpha value is -0.610. The van der Waals surface area contributed by atoms with E-state index in [0.717, 1.165) is 12.8 Å². The van der Waals surface area contributed by atoms with Crippen molar-refractivity contribution in [3.05, 3.63) is 0 Å². The fourth-order valence-electron chi connectivity index (χ4n) is 1.04. The van der Waals surface area contributed by atoms with E-state index < -0.39 is 12.1 Å². The minimum atomic E-state index is -0.956. The van der Waals surface area contributed by atoms with Gasteiger partial charge >= 0.3 is 5.97 Å². The van der Waals surface area contributed by atoms with Gasteiger partial charge in [-0.25, -0.2) is 4.79 Å². The SMILES string of the molecule is CCCOC(C)C(OCCC)C(=O)O. The van der Waals surface area contributed by atoms with Gasteiger partial charge in [-0.3, -0.25) is 0 Å². The summed E-state index contributed by atoms with van der Waals surface area (Å²) >= 11 is 0. The Kier molecular flexibility index (Phi) is 7.42. The molecule has 0 aromatic heterocycles. The Morgan fingerprint density at radius 2 is 1.71 bits per heavy atom. The molecule has 14 heavy (non-hydrogen) atoms. The number of rotatable bonds is 8. The molecule has 0 heterocycles. The molecular formula is C10H20O4. The second-order valence-electron chi connectivity index (χ2n) is 3.21. The molecule has 0 aliphatic rings. The maximum Gasteiger partial charge on any atom is 0.335 e. The first-order valence-electron chi connectivity index (χ1n) is 5.09. The zero-order valence-corrected chi connectivity index (χ0v) is 9.16. The molecule has 2 unspecified atom stereocenters. The third-order valence-electron chi connectivity index (χ3n) is 1.76. The molecule has 0 rings (SSSR count). The number of carbonyl (C=O) groups is 1. The summed E-state index contributed by atoms with van der Waals surface area (Å²) < 4.78 is 10.5. The Labute approximate surface area is 85.2 Å². The molecule has 0 saturated heterocycles. The van der Waals surface area contributed by atoms with Crippen molar-refractivity contribution in [2.45, 2.75) is 45.8 Å². The van der Waals surface area contributed by atoms with Gasteiger partial charge in [-0.2, -0.15) is 0 Å². The molecule has 4 heteroatoms. The van der Waals surface area contributed by atoms with Crippen LogP contribution < -0.4 is 0 Å². The maximum absolute atomic E-state index is 10.8. The van der Waals surface area contributed by atoms with E-state index in [1.807, 2.05) is 13.8 Å². The van der Waals surface area contributed by atoms with Crippen LogP contribution in [0, 0.1) is 0 Å². The minimum Gasteiger partial charge on any atom is -0.479 e. The van der Waals surface area contributed by atoms with Crippen LogP contribution >= 0.6 is 0 Å². The maximum atomic E-state index is 10.8. The monoisotopic (exact) mass is 204 g/mol. The van der Waals surface area contributed by atoms with Crippen molar-refractivity contribution >= 4 is 5.97 Å². The molecular weight excluding hydrogens is 184 g/mol. The normalized spacial score (nSPS) is 15.1. The quantitative estimate of drug-likeness (QED) is 0.653. The fourth-order valence-corrected chi connectivity index (χ4v) is 1.04. The molecule has 1 N–H and O–H groups in total. The smallest absolute Gasteiger partial charge is 0.335 e. The highest BCUT2D eigenvalue weighted by Gasteiger charge is 2.25. The van der Waals surface area contributed by atoms with Crippen molar-refractivity contribution in [2.75, 3.05) is 13.2 Å². The van der Waals surface area contributed by atoms with E-state index >= 15 is 0 Å². The van der Waals surface area contributed by atoms with Gasteiger partial charge in [-0.15, -0.1) is 0 Å². The van der Waals surface area contributed by atoms with Gasteiger partial charge in [0.1, 0.15) is 0 Å². The standard InChI is InChI=1S/C10H20O4/c1-4-6-13-8(3)9(10(11)12)14-7-5-2/h8-9H,4-7H2,1-3H3,(H,11,12). The molecule has 0 spiro atoms.